The number of anilines is 1. The smallest absolute Gasteiger partial charge is 0.231 e. The first kappa shape index (κ1) is 11.9. The topological polar surface area (TPSA) is 46.2 Å². The minimum atomic E-state index is -0.257. The Morgan fingerprint density at radius 3 is 2.47 bits per heavy atom. The van der Waals surface area contributed by atoms with Gasteiger partial charge in [0.05, 0.1) is 6.42 Å². The normalized spacial score (nSPS) is 9.67. The van der Waals surface area contributed by atoms with Gasteiger partial charge < -0.3 is 5.32 Å². The van der Waals surface area contributed by atoms with E-state index in [2.05, 4.69) is 21.2 Å². The highest BCUT2D eigenvalue weighted by molar-refractivity contribution is 9.09. The minimum absolute atomic E-state index is 0.0551. The molecule has 0 fully saturated rings. The molecule has 0 aliphatic rings. The Morgan fingerprint density at radius 1 is 1.20 bits per heavy atom. The Morgan fingerprint density at radius 2 is 1.87 bits per heavy atom. The van der Waals surface area contributed by atoms with Crippen LogP contribution in [-0.2, 0) is 9.59 Å². The third-order valence-corrected chi connectivity index (χ3v) is 2.19. The molecule has 1 rings (SSSR count). The fraction of sp³-hybridized carbons (Fsp3) is 0.273. The summed E-state index contributed by atoms with van der Waals surface area (Å²) >= 11 is 3.15. The predicted octanol–water partition coefficient (Wildman–Crippen LogP) is 2.37. The first-order chi connectivity index (χ1) is 7.22. The average molecular weight is 270 g/mol. The van der Waals surface area contributed by atoms with Gasteiger partial charge in [-0.25, -0.2) is 0 Å². The Bertz CT molecular complexity index is 338. The number of ketones is 1. The fourth-order valence-electron chi connectivity index (χ4n) is 1.10. The first-order valence-electron chi connectivity index (χ1n) is 4.65. The maximum Gasteiger partial charge on any atom is 0.231 e. The number of hydrogen-bond donors (Lipinski definition) is 1. The Balaban J connectivity index is 2.40. The molecule has 0 radical (unpaired) electrons. The van der Waals surface area contributed by atoms with Crippen LogP contribution < -0.4 is 5.32 Å². The van der Waals surface area contributed by atoms with E-state index >= 15 is 0 Å². The number of halogens is 1. The maximum atomic E-state index is 11.4. The second-order valence-electron chi connectivity index (χ2n) is 3.07. The van der Waals surface area contributed by atoms with Gasteiger partial charge in [0.1, 0.15) is 5.78 Å². The van der Waals surface area contributed by atoms with Crippen molar-refractivity contribution in [2.45, 2.75) is 12.8 Å². The molecule has 0 saturated heterocycles. The summed E-state index contributed by atoms with van der Waals surface area (Å²) in [6, 6.07) is 9.09. The van der Waals surface area contributed by atoms with E-state index in [9.17, 15) is 9.59 Å². The van der Waals surface area contributed by atoms with Crippen LogP contribution in [0.2, 0.25) is 0 Å². The van der Waals surface area contributed by atoms with Crippen LogP contribution in [0.15, 0.2) is 30.3 Å². The second-order valence-corrected chi connectivity index (χ2v) is 3.86. The standard InChI is InChI=1S/C11H12BrNO2/c12-7-6-10(14)8-11(15)13-9-4-2-1-3-5-9/h1-5H,6-8H2,(H,13,15). The summed E-state index contributed by atoms with van der Waals surface area (Å²) in [6.07, 6.45) is 0.336. The highest BCUT2D eigenvalue weighted by atomic mass is 79.9. The molecule has 80 valence electrons. The van der Waals surface area contributed by atoms with Crippen molar-refractivity contribution >= 4 is 33.3 Å². The van der Waals surface area contributed by atoms with Gasteiger partial charge in [0.15, 0.2) is 0 Å². The molecule has 0 heterocycles. The number of nitrogens with one attached hydrogen (secondary N) is 1. The van der Waals surface area contributed by atoms with Crippen LogP contribution in [0, 0.1) is 0 Å². The highest BCUT2D eigenvalue weighted by Gasteiger charge is 2.08. The van der Waals surface area contributed by atoms with Gasteiger partial charge >= 0.3 is 0 Å². The number of amides is 1. The van der Waals surface area contributed by atoms with Crippen molar-refractivity contribution in [3.05, 3.63) is 30.3 Å². The number of hydrogen-bond acceptors (Lipinski definition) is 2. The number of benzene rings is 1. The lowest BCUT2D eigenvalue weighted by Crippen LogP contribution is -2.16. The molecule has 1 aromatic carbocycles. The van der Waals surface area contributed by atoms with E-state index in [4.69, 9.17) is 0 Å². The maximum absolute atomic E-state index is 11.4. The van der Waals surface area contributed by atoms with Gasteiger partial charge in [0.2, 0.25) is 5.91 Å². The van der Waals surface area contributed by atoms with Gasteiger partial charge in [-0.05, 0) is 12.1 Å². The van der Waals surface area contributed by atoms with Gasteiger partial charge in [-0.15, -0.1) is 0 Å². The zero-order valence-corrected chi connectivity index (χ0v) is 9.79. The number of alkyl halides is 1. The number of carbonyl (C=O) groups excluding carboxylic acids is 2. The molecular weight excluding hydrogens is 258 g/mol. The summed E-state index contributed by atoms with van der Waals surface area (Å²) in [5.41, 5.74) is 0.717. The molecule has 0 spiro atoms. The molecule has 1 amide bonds. The van der Waals surface area contributed by atoms with Crippen molar-refractivity contribution in [1.29, 1.82) is 0 Å². The van der Waals surface area contributed by atoms with E-state index in [0.29, 0.717) is 17.4 Å². The average Bonchev–Trinajstić information content (AvgIpc) is 2.19. The molecule has 1 N–H and O–H groups in total. The largest absolute Gasteiger partial charge is 0.326 e. The lowest BCUT2D eigenvalue weighted by molar-refractivity contribution is -0.125. The first-order valence-corrected chi connectivity index (χ1v) is 5.77. The lowest BCUT2D eigenvalue weighted by Gasteiger charge is -2.03. The van der Waals surface area contributed by atoms with E-state index in [0.717, 1.165) is 0 Å². The van der Waals surface area contributed by atoms with E-state index < -0.39 is 0 Å². The van der Waals surface area contributed by atoms with Gasteiger partial charge in [-0.1, -0.05) is 34.1 Å². The second kappa shape index (κ2) is 6.35. The van der Waals surface area contributed by atoms with E-state index in [1.54, 1.807) is 12.1 Å². The summed E-state index contributed by atoms with van der Waals surface area (Å²) < 4.78 is 0. The van der Waals surface area contributed by atoms with E-state index in [1.165, 1.54) is 0 Å². The van der Waals surface area contributed by atoms with Crippen LogP contribution in [0.5, 0.6) is 0 Å². The van der Waals surface area contributed by atoms with Crippen LogP contribution in [0.1, 0.15) is 12.8 Å². The van der Waals surface area contributed by atoms with Crippen LogP contribution in [0.25, 0.3) is 0 Å². The molecule has 0 atom stereocenters. The third-order valence-electron chi connectivity index (χ3n) is 1.79. The monoisotopic (exact) mass is 269 g/mol. The number of rotatable bonds is 5. The van der Waals surface area contributed by atoms with Crippen molar-refractivity contribution in [2.24, 2.45) is 0 Å². The Kier molecular flexibility index (Phi) is 5.04. The zero-order valence-electron chi connectivity index (χ0n) is 8.20. The fourth-order valence-corrected chi connectivity index (χ4v) is 1.54. The van der Waals surface area contributed by atoms with Gasteiger partial charge in [-0.3, -0.25) is 9.59 Å². The molecular formula is C11H12BrNO2. The molecule has 0 saturated carbocycles. The van der Waals surface area contributed by atoms with Crippen molar-refractivity contribution in [1.82, 2.24) is 0 Å². The van der Waals surface area contributed by atoms with Crippen LogP contribution in [0.4, 0.5) is 5.69 Å². The van der Waals surface area contributed by atoms with Gasteiger partial charge in [0, 0.05) is 17.4 Å². The van der Waals surface area contributed by atoms with Crippen LogP contribution in [-0.4, -0.2) is 17.0 Å². The minimum Gasteiger partial charge on any atom is -0.326 e. The molecule has 0 unspecified atom stereocenters. The molecule has 4 heteroatoms. The quantitative estimate of drug-likeness (QED) is 0.659. The summed E-state index contributed by atoms with van der Waals surface area (Å²) in [7, 11) is 0. The van der Waals surface area contributed by atoms with Gasteiger partial charge in [-0.2, -0.15) is 0 Å². The molecule has 0 aliphatic carbocycles. The summed E-state index contributed by atoms with van der Waals surface area (Å²) in [5.74, 6) is -0.313. The molecule has 15 heavy (non-hydrogen) atoms. The summed E-state index contributed by atoms with van der Waals surface area (Å²) in [6.45, 7) is 0. The molecule has 0 aromatic heterocycles. The molecule has 3 nitrogen and oxygen atoms in total. The number of carbonyl (C=O) groups is 2. The number of Topliss-reactive ketones (excluding diaryl/α,β-unsaturated/α-hetero) is 1. The van der Waals surface area contributed by atoms with E-state index in [-0.39, 0.29) is 18.1 Å². The van der Waals surface area contributed by atoms with E-state index in [1.807, 2.05) is 18.2 Å². The van der Waals surface area contributed by atoms with Crippen molar-refractivity contribution < 1.29 is 9.59 Å². The number of para-hydroxylation sites is 1. The summed E-state index contributed by atoms with van der Waals surface area (Å²) in [5, 5.41) is 3.26. The predicted molar refractivity (Wildman–Crippen MR) is 63.1 cm³/mol. The van der Waals surface area contributed by atoms with Crippen molar-refractivity contribution in [3.8, 4) is 0 Å². The molecule has 0 aliphatic heterocycles. The van der Waals surface area contributed by atoms with Crippen LogP contribution >= 0.6 is 15.9 Å². The van der Waals surface area contributed by atoms with Crippen molar-refractivity contribution in [3.63, 3.8) is 0 Å². The van der Waals surface area contributed by atoms with Crippen molar-refractivity contribution in [2.75, 3.05) is 10.6 Å². The lowest BCUT2D eigenvalue weighted by atomic mass is 10.2. The molecule has 1 aromatic rings. The molecule has 0 bridgehead atoms. The zero-order chi connectivity index (χ0) is 11.1. The SMILES string of the molecule is O=C(CCBr)CC(=O)Nc1ccccc1. The van der Waals surface area contributed by atoms with Crippen LogP contribution in [0.3, 0.4) is 0 Å². The summed E-state index contributed by atoms with van der Waals surface area (Å²) in [4.78, 5) is 22.5. The van der Waals surface area contributed by atoms with Gasteiger partial charge in [0.25, 0.3) is 0 Å². The Labute approximate surface area is 97.0 Å². The highest BCUT2D eigenvalue weighted by Crippen LogP contribution is 2.06. The Hall–Kier alpha value is -1.16. The third kappa shape index (κ3) is 4.74.